The second-order valence-electron chi connectivity index (χ2n) is 13.6. The predicted octanol–water partition coefficient (Wildman–Crippen LogP) is 5.84. The number of thioether (sulfide) groups is 1. The van der Waals surface area contributed by atoms with Crippen molar-refractivity contribution in [1.82, 2.24) is 9.88 Å². The molecule has 2 aliphatic carbocycles. The summed E-state index contributed by atoms with van der Waals surface area (Å²) in [6.45, 7) is 3.12. The third kappa shape index (κ3) is 5.09. The van der Waals surface area contributed by atoms with Gasteiger partial charge in [-0.25, -0.2) is 4.79 Å². The van der Waals surface area contributed by atoms with Crippen LogP contribution in [0.2, 0.25) is 5.02 Å². The molecule has 3 amide bonds. The van der Waals surface area contributed by atoms with Crippen molar-refractivity contribution < 1.29 is 29.0 Å². The first-order valence-corrected chi connectivity index (χ1v) is 18.3. The number of ether oxygens (including phenoxy) is 1. The average Bonchev–Trinajstić information content (AvgIpc) is 3.80. The van der Waals surface area contributed by atoms with E-state index in [1.165, 1.54) is 11.8 Å². The van der Waals surface area contributed by atoms with Gasteiger partial charge in [0.25, 0.3) is 5.91 Å². The highest BCUT2D eigenvalue weighted by atomic mass is 35.5. The fraction of sp³-hybridized carbons (Fsp3) is 0.361. The molecule has 8 atom stereocenters. The number of nitrogens with one attached hydrogen (secondary N) is 2. The number of imide groups is 1. The number of aromatic amines is 1. The molecule has 2 saturated carbocycles. The van der Waals surface area contributed by atoms with Crippen LogP contribution in [0.25, 0.3) is 10.8 Å². The quantitative estimate of drug-likeness (QED) is 0.193. The third-order valence-corrected chi connectivity index (χ3v) is 13.5. The molecule has 7 unspecified atom stereocenters. The van der Waals surface area contributed by atoms with Crippen LogP contribution in [0, 0.1) is 35.5 Å². The molecule has 2 aliphatic heterocycles. The van der Waals surface area contributed by atoms with E-state index in [0.717, 1.165) is 31.9 Å². The Kier molecular flexibility index (Phi) is 7.88. The summed E-state index contributed by atoms with van der Waals surface area (Å²) in [7, 11) is 0. The second-order valence-corrected chi connectivity index (χ2v) is 16.2. The van der Waals surface area contributed by atoms with Crippen LogP contribution in [0.1, 0.15) is 36.6 Å². The first kappa shape index (κ1) is 32.1. The predicted molar refractivity (Wildman–Crippen MR) is 186 cm³/mol. The largest absolute Gasteiger partial charge is 0.483 e. The number of likely N-dealkylation sites (tertiary alicyclic amines) is 1. The molecule has 4 aliphatic rings. The molecular formula is C36H32ClN3O7S2. The summed E-state index contributed by atoms with van der Waals surface area (Å²) in [4.78, 5) is 70.7. The normalized spacial score (nSPS) is 27.3. The lowest BCUT2D eigenvalue weighted by Crippen LogP contribution is -2.49. The molecule has 0 spiro atoms. The summed E-state index contributed by atoms with van der Waals surface area (Å²) in [6, 6.07) is 17.4. The van der Waals surface area contributed by atoms with E-state index in [0.29, 0.717) is 33.5 Å². The van der Waals surface area contributed by atoms with Crippen LogP contribution in [0.4, 0.5) is 5.69 Å². The van der Waals surface area contributed by atoms with E-state index in [1.807, 2.05) is 42.5 Å². The number of rotatable bonds is 8. The van der Waals surface area contributed by atoms with Gasteiger partial charge in [0.05, 0.1) is 16.9 Å². The molecule has 4 aromatic rings. The SMILES string of the molecule is CC(C)C(C(=O)O)N1C(=O)C2C3CC(C2C1=O)C1C3Sc2[nH]c(=O)sc2[C@@H]1c1cc(Cl)ccc1OCC(=O)Nc1cccc2ccccc12. The summed E-state index contributed by atoms with van der Waals surface area (Å²) in [5.74, 6) is -4.63. The van der Waals surface area contributed by atoms with Gasteiger partial charge in [-0.05, 0) is 59.7 Å². The number of amides is 3. The molecule has 252 valence electrons. The standard InChI is InChI=1S/C36H32ClN3O7S2/c1-15(2)29(35(44)45)40-33(42)27-20-13-21(28(27)34(40)43)30-26(20)25(31-32(48-30)39-36(46)49-31)19-12-17(37)10-11-23(19)47-14-24(41)38-22-9-5-7-16-6-3-4-8-18(16)22/h3-12,15,20-21,25-30H,13-14H2,1-2H3,(H,38,41)(H,39,46)(H,44,45)/t20?,21?,25-,26?,27?,28?,29?,30?/m1/s1. The minimum absolute atomic E-state index is 0.116. The number of halogens is 1. The first-order valence-electron chi connectivity index (χ1n) is 16.2. The van der Waals surface area contributed by atoms with Gasteiger partial charge in [-0.15, -0.1) is 11.8 Å². The highest BCUT2D eigenvalue weighted by Crippen LogP contribution is 2.69. The number of aromatic nitrogens is 1. The minimum atomic E-state index is -1.23. The number of carboxylic acid groups (broad SMARTS) is 1. The zero-order chi connectivity index (χ0) is 34.3. The molecule has 10 nitrogen and oxygen atoms in total. The van der Waals surface area contributed by atoms with Crippen molar-refractivity contribution in [2.75, 3.05) is 11.9 Å². The number of nitrogens with zero attached hydrogens (tertiary/aromatic N) is 1. The van der Waals surface area contributed by atoms with Crippen molar-refractivity contribution in [1.29, 1.82) is 0 Å². The Morgan fingerprint density at radius 3 is 2.53 bits per heavy atom. The average molecular weight is 718 g/mol. The lowest BCUT2D eigenvalue weighted by Gasteiger charge is -2.43. The third-order valence-electron chi connectivity index (χ3n) is 10.7. The van der Waals surface area contributed by atoms with E-state index in [-0.39, 0.29) is 40.4 Å². The van der Waals surface area contributed by atoms with Gasteiger partial charge < -0.3 is 20.1 Å². The van der Waals surface area contributed by atoms with Crippen molar-refractivity contribution in [2.45, 2.75) is 42.5 Å². The van der Waals surface area contributed by atoms with Crippen LogP contribution < -0.4 is 14.9 Å². The maximum atomic E-state index is 14.0. The van der Waals surface area contributed by atoms with Gasteiger partial charge in [0.1, 0.15) is 11.8 Å². The molecule has 3 fully saturated rings. The number of carbonyl (C=O) groups excluding carboxylic acids is 3. The zero-order valence-corrected chi connectivity index (χ0v) is 28.8. The van der Waals surface area contributed by atoms with E-state index in [2.05, 4.69) is 10.3 Å². The zero-order valence-electron chi connectivity index (χ0n) is 26.4. The van der Waals surface area contributed by atoms with Crippen LogP contribution in [-0.2, 0) is 19.2 Å². The molecule has 8 rings (SSSR count). The number of anilines is 1. The molecule has 3 aromatic carbocycles. The topological polar surface area (TPSA) is 146 Å². The van der Waals surface area contributed by atoms with E-state index < -0.39 is 47.5 Å². The van der Waals surface area contributed by atoms with Gasteiger partial charge in [0, 0.05) is 37.7 Å². The lowest BCUT2D eigenvalue weighted by atomic mass is 9.68. The van der Waals surface area contributed by atoms with Crippen molar-refractivity contribution >= 4 is 74.9 Å². The summed E-state index contributed by atoms with van der Waals surface area (Å²) < 4.78 is 6.21. The minimum Gasteiger partial charge on any atom is -0.483 e. The van der Waals surface area contributed by atoms with Gasteiger partial charge in [0.15, 0.2) is 6.61 Å². The molecule has 49 heavy (non-hydrogen) atoms. The summed E-state index contributed by atoms with van der Waals surface area (Å²) >= 11 is 9.23. The van der Waals surface area contributed by atoms with E-state index in [4.69, 9.17) is 16.3 Å². The van der Waals surface area contributed by atoms with Crippen LogP contribution in [0.15, 0.2) is 70.5 Å². The maximum Gasteiger partial charge on any atom is 0.327 e. The summed E-state index contributed by atoms with van der Waals surface area (Å²) in [5.41, 5.74) is 1.36. The summed E-state index contributed by atoms with van der Waals surface area (Å²) in [5, 5.41) is 15.9. The number of carbonyl (C=O) groups is 4. The van der Waals surface area contributed by atoms with Crippen LogP contribution in [0.5, 0.6) is 5.75 Å². The summed E-state index contributed by atoms with van der Waals surface area (Å²) in [6.07, 6.45) is 0.641. The number of thiazole rings is 1. The Morgan fingerprint density at radius 2 is 1.78 bits per heavy atom. The van der Waals surface area contributed by atoms with Crippen LogP contribution in [-0.4, -0.2) is 56.6 Å². The smallest absolute Gasteiger partial charge is 0.327 e. The van der Waals surface area contributed by atoms with Crippen LogP contribution in [0.3, 0.4) is 0 Å². The van der Waals surface area contributed by atoms with Crippen molar-refractivity contribution in [3.63, 3.8) is 0 Å². The van der Waals surface area contributed by atoms with Crippen molar-refractivity contribution in [3.8, 4) is 5.75 Å². The molecule has 0 radical (unpaired) electrons. The molecule has 2 bridgehead atoms. The second kappa shape index (κ2) is 12.0. The van der Waals surface area contributed by atoms with Gasteiger partial charge in [-0.3, -0.25) is 24.1 Å². The van der Waals surface area contributed by atoms with Gasteiger partial charge >= 0.3 is 10.8 Å². The Labute approximate surface area is 294 Å². The Hall–Kier alpha value is -4.13. The van der Waals surface area contributed by atoms with E-state index in [1.54, 1.807) is 32.0 Å². The van der Waals surface area contributed by atoms with Crippen molar-refractivity contribution in [2.24, 2.45) is 35.5 Å². The number of H-pyrrole nitrogens is 1. The number of carboxylic acids is 1. The van der Waals surface area contributed by atoms with Gasteiger partial charge in [0.2, 0.25) is 11.8 Å². The lowest BCUT2D eigenvalue weighted by molar-refractivity contribution is -0.157. The van der Waals surface area contributed by atoms with E-state index >= 15 is 0 Å². The van der Waals surface area contributed by atoms with E-state index in [9.17, 15) is 29.1 Å². The highest BCUT2D eigenvalue weighted by Gasteiger charge is 2.70. The van der Waals surface area contributed by atoms with Gasteiger partial charge in [-0.1, -0.05) is 73.2 Å². The highest BCUT2D eigenvalue weighted by molar-refractivity contribution is 8.00. The van der Waals surface area contributed by atoms with Gasteiger partial charge in [-0.2, -0.15) is 0 Å². The number of hydrogen-bond acceptors (Lipinski definition) is 8. The molecule has 13 heteroatoms. The molecule has 3 N–H and O–H groups in total. The maximum absolute atomic E-state index is 14.0. The number of fused-ring (bicyclic) bond motifs is 10. The number of benzene rings is 3. The fourth-order valence-corrected chi connectivity index (χ4v) is 12.0. The van der Waals surface area contributed by atoms with Crippen molar-refractivity contribution in [3.05, 3.63) is 85.8 Å². The molecule has 1 aromatic heterocycles. The number of hydrogen-bond donors (Lipinski definition) is 3. The first-order chi connectivity index (χ1) is 23.5. The monoisotopic (exact) mass is 717 g/mol. The fourth-order valence-electron chi connectivity index (χ4n) is 8.91. The molecular weight excluding hydrogens is 686 g/mol. The van der Waals surface area contributed by atoms with Crippen LogP contribution >= 0.6 is 34.7 Å². The molecule has 1 saturated heterocycles. The number of aliphatic carboxylic acids is 1. The Balaban J connectivity index is 1.13. The molecule has 3 heterocycles. The Morgan fingerprint density at radius 1 is 1.04 bits per heavy atom. The Bertz CT molecular complexity index is 2110.